The Labute approximate surface area is 133 Å². The molecule has 0 aliphatic rings. The molecule has 0 fully saturated rings. The van der Waals surface area contributed by atoms with Gasteiger partial charge in [-0.2, -0.15) is 0 Å². The third kappa shape index (κ3) is 5.98. The molecule has 2 nitrogen and oxygen atoms in total. The van der Waals surface area contributed by atoms with Crippen molar-refractivity contribution in [3.05, 3.63) is 28.7 Å². The molecular weight excluding hydrogens is 332 g/mol. The van der Waals surface area contributed by atoms with Gasteiger partial charge in [0.15, 0.2) is 8.32 Å². The first-order valence-corrected chi connectivity index (χ1v) is 10.9. The summed E-state index contributed by atoms with van der Waals surface area (Å²) in [5, 5.41) is 0.291. The Kier molecular flexibility index (Phi) is 6.75. The second-order valence-electron chi connectivity index (χ2n) is 6.62. The van der Waals surface area contributed by atoms with Crippen LogP contribution in [0.5, 0.6) is 5.75 Å². The summed E-state index contributed by atoms with van der Waals surface area (Å²) in [6, 6.07) is 7.96. The van der Waals surface area contributed by atoms with Gasteiger partial charge in [0.2, 0.25) is 0 Å². The Hall–Kier alpha value is -0.323. The minimum Gasteiger partial charge on any atom is -0.494 e. The van der Waals surface area contributed by atoms with Crippen molar-refractivity contribution in [2.24, 2.45) is 0 Å². The van der Waals surface area contributed by atoms with E-state index >= 15 is 0 Å². The van der Waals surface area contributed by atoms with Gasteiger partial charge in [-0.05, 0) is 49.2 Å². The van der Waals surface area contributed by atoms with Crippen LogP contribution >= 0.6 is 15.9 Å². The normalized spacial score (nSPS) is 12.5. The minimum atomic E-state index is -1.58. The first-order chi connectivity index (χ1) is 9.22. The second kappa shape index (κ2) is 7.62. The lowest BCUT2D eigenvalue weighted by atomic mass is 10.2. The van der Waals surface area contributed by atoms with E-state index in [0.717, 1.165) is 36.3 Å². The van der Waals surface area contributed by atoms with E-state index in [1.165, 1.54) is 0 Å². The maximum absolute atomic E-state index is 6.14. The number of ether oxygens (including phenoxy) is 1. The van der Waals surface area contributed by atoms with E-state index < -0.39 is 8.32 Å². The molecule has 0 atom stereocenters. The summed E-state index contributed by atoms with van der Waals surface area (Å²) in [5.74, 6) is 0.921. The summed E-state index contributed by atoms with van der Waals surface area (Å²) >= 11 is 3.44. The first-order valence-electron chi connectivity index (χ1n) is 7.25. The van der Waals surface area contributed by atoms with Gasteiger partial charge in [0.05, 0.1) is 6.61 Å². The molecule has 0 aromatic heterocycles. The van der Waals surface area contributed by atoms with Crippen molar-refractivity contribution in [3.63, 3.8) is 0 Å². The Morgan fingerprint density at radius 1 is 1.10 bits per heavy atom. The summed E-state index contributed by atoms with van der Waals surface area (Å²) < 4.78 is 12.9. The molecule has 1 aromatic rings. The van der Waals surface area contributed by atoms with E-state index in [9.17, 15) is 0 Å². The summed E-state index contributed by atoms with van der Waals surface area (Å²) in [6.07, 6.45) is 2.08. The molecule has 0 saturated carbocycles. The molecule has 0 bridgehead atoms. The molecule has 0 amide bonds. The molecule has 114 valence electrons. The summed E-state index contributed by atoms with van der Waals surface area (Å²) in [5.41, 5.74) is 0. The Bertz CT molecular complexity index is 413. The molecule has 0 spiro atoms. The lowest BCUT2D eigenvalue weighted by Gasteiger charge is -2.36. The van der Waals surface area contributed by atoms with Gasteiger partial charge >= 0.3 is 0 Å². The molecule has 0 unspecified atom stereocenters. The van der Waals surface area contributed by atoms with E-state index in [4.69, 9.17) is 9.16 Å². The first kappa shape index (κ1) is 17.7. The van der Waals surface area contributed by atoms with Crippen LogP contribution in [0, 0.1) is 0 Å². The predicted octanol–water partition coefficient (Wildman–Crippen LogP) is 5.63. The summed E-state index contributed by atoms with van der Waals surface area (Å²) in [6.45, 7) is 13.0. The van der Waals surface area contributed by atoms with Gasteiger partial charge < -0.3 is 9.16 Å². The van der Waals surface area contributed by atoms with Crippen LogP contribution in [-0.2, 0) is 4.43 Å². The highest BCUT2D eigenvalue weighted by Crippen LogP contribution is 2.36. The van der Waals surface area contributed by atoms with Gasteiger partial charge in [0.25, 0.3) is 0 Å². The van der Waals surface area contributed by atoms with Gasteiger partial charge in [-0.1, -0.05) is 42.8 Å². The number of hydrogen-bond donors (Lipinski definition) is 0. The van der Waals surface area contributed by atoms with E-state index in [1.807, 2.05) is 24.3 Å². The van der Waals surface area contributed by atoms with Crippen LogP contribution in [0.2, 0.25) is 18.1 Å². The maximum atomic E-state index is 6.14. The van der Waals surface area contributed by atoms with Crippen LogP contribution < -0.4 is 4.74 Å². The lowest BCUT2D eigenvalue weighted by Crippen LogP contribution is -2.41. The fourth-order valence-electron chi connectivity index (χ4n) is 1.49. The summed E-state index contributed by atoms with van der Waals surface area (Å²) in [7, 11) is -1.58. The highest BCUT2D eigenvalue weighted by atomic mass is 79.9. The van der Waals surface area contributed by atoms with E-state index in [0.29, 0.717) is 5.04 Å². The average molecular weight is 359 g/mol. The predicted molar refractivity (Wildman–Crippen MR) is 92.0 cm³/mol. The van der Waals surface area contributed by atoms with Crippen LogP contribution in [0.1, 0.15) is 33.6 Å². The maximum Gasteiger partial charge on any atom is 0.191 e. The zero-order valence-electron chi connectivity index (χ0n) is 13.3. The Morgan fingerprint density at radius 2 is 1.75 bits per heavy atom. The largest absolute Gasteiger partial charge is 0.494 e. The van der Waals surface area contributed by atoms with Crippen LogP contribution in [-0.4, -0.2) is 21.5 Å². The van der Waals surface area contributed by atoms with Crippen molar-refractivity contribution in [2.75, 3.05) is 13.2 Å². The van der Waals surface area contributed by atoms with E-state index in [1.54, 1.807) is 0 Å². The van der Waals surface area contributed by atoms with Crippen LogP contribution in [0.15, 0.2) is 28.7 Å². The van der Waals surface area contributed by atoms with Gasteiger partial charge in [0.1, 0.15) is 5.75 Å². The standard InChI is InChI=1S/C16H27BrO2Si/c1-16(2,3)20(4,5)19-12-7-6-11-18-15-10-8-9-14(17)13-15/h8-10,13H,6-7,11-12H2,1-5H3. The van der Waals surface area contributed by atoms with Crippen molar-refractivity contribution in [1.29, 1.82) is 0 Å². The molecule has 0 aliphatic heterocycles. The monoisotopic (exact) mass is 358 g/mol. The number of halogens is 1. The fraction of sp³-hybridized carbons (Fsp3) is 0.625. The SMILES string of the molecule is CC(C)(C)[Si](C)(C)OCCCCOc1cccc(Br)c1. The van der Waals surface area contributed by atoms with Gasteiger partial charge in [-0.3, -0.25) is 0 Å². The van der Waals surface area contributed by atoms with Crippen molar-refractivity contribution >= 4 is 24.2 Å². The van der Waals surface area contributed by atoms with Gasteiger partial charge in [-0.25, -0.2) is 0 Å². The number of rotatable bonds is 7. The Balaban J connectivity index is 2.17. The zero-order valence-corrected chi connectivity index (χ0v) is 15.9. The molecule has 0 heterocycles. The molecule has 20 heavy (non-hydrogen) atoms. The molecule has 1 aromatic carbocycles. The highest BCUT2D eigenvalue weighted by Gasteiger charge is 2.36. The van der Waals surface area contributed by atoms with Gasteiger partial charge in [-0.15, -0.1) is 0 Å². The quantitative estimate of drug-likeness (QED) is 0.464. The van der Waals surface area contributed by atoms with Crippen molar-refractivity contribution in [1.82, 2.24) is 0 Å². The number of benzene rings is 1. The molecule has 0 N–H and O–H groups in total. The smallest absolute Gasteiger partial charge is 0.191 e. The Morgan fingerprint density at radius 3 is 2.35 bits per heavy atom. The van der Waals surface area contributed by atoms with Crippen molar-refractivity contribution < 1.29 is 9.16 Å². The van der Waals surface area contributed by atoms with Crippen LogP contribution in [0.25, 0.3) is 0 Å². The number of hydrogen-bond acceptors (Lipinski definition) is 2. The number of unbranched alkanes of at least 4 members (excludes halogenated alkanes) is 1. The summed E-state index contributed by atoms with van der Waals surface area (Å²) in [4.78, 5) is 0. The molecule has 4 heteroatoms. The van der Waals surface area contributed by atoms with Crippen LogP contribution in [0.4, 0.5) is 0 Å². The topological polar surface area (TPSA) is 18.5 Å². The zero-order chi connectivity index (χ0) is 15.2. The third-order valence-corrected chi connectivity index (χ3v) is 8.90. The molecule has 0 aliphatic carbocycles. The van der Waals surface area contributed by atoms with Crippen molar-refractivity contribution in [2.45, 2.75) is 51.7 Å². The molecule has 1 rings (SSSR count). The lowest BCUT2D eigenvalue weighted by molar-refractivity contribution is 0.252. The van der Waals surface area contributed by atoms with E-state index in [2.05, 4.69) is 49.8 Å². The molecular formula is C16H27BrO2Si. The average Bonchev–Trinajstić information content (AvgIpc) is 2.32. The van der Waals surface area contributed by atoms with Gasteiger partial charge in [0, 0.05) is 11.1 Å². The molecule has 0 saturated heterocycles. The third-order valence-electron chi connectivity index (χ3n) is 3.87. The highest BCUT2D eigenvalue weighted by molar-refractivity contribution is 9.10. The fourth-order valence-corrected chi connectivity index (χ4v) is 2.96. The van der Waals surface area contributed by atoms with Crippen LogP contribution in [0.3, 0.4) is 0 Å². The molecule has 0 radical (unpaired) electrons. The van der Waals surface area contributed by atoms with E-state index in [-0.39, 0.29) is 0 Å². The minimum absolute atomic E-state index is 0.291. The van der Waals surface area contributed by atoms with Crippen molar-refractivity contribution in [3.8, 4) is 5.75 Å². The second-order valence-corrected chi connectivity index (χ2v) is 12.3.